The molecule has 3 aromatic rings. The topological polar surface area (TPSA) is 77.0 Å². The summed E-state index contributed by atoms with van der Waals surface area (Å²) in [7, 11) is 0. The van der Waals surface area contributed by atoms with Gasteiger partial charge in [0, 0.05) is 10.9 Å². The molecule has 0 bridgehead atoms. The van der Waals surface area contributed by atoms with Crippen molar-refractivity contribution in [1.29, 1.82) is 0 Å². The Kier molecular flexibility index (Phi) is 7.48. The first-order chi connectivity index (χ1) is 10.5. The van der Waals surface area contributed by atoms with E-state index in [9.17, 15) is 0 Å². The molecule has 5 nitrogen and oxygen atoms in total. The van der Waals surface area contributed by atoms with E-state index in [4.69, 9.17) is 10.2 Å². The predicted molar refractivity (Wildman–Crippen MR) is 105 cm³/mol. The van der Waals surface area contributed by atoms with E-state index in [-0.39, 0.29) is 30.9 Å². The fraction of sp³-hybridized carbons (Fsp3) is 0.375. The number of nitrogens with zero attached hydrogens (tertiary/aromatic N) is 2. The van der Waals surface area contributed by atoms with Crippen LogP contribution < -0.4 is 11.1 Å². The number of nitrogens with one attached hydrogen (secondary N) is 1. The number of rotatable bonds is 5. The highest BCUT2D eigenvalue weighted by atomic mass is 35.5. The summed E-state index contributed by atoms with van der Waals surface area (Å²) < 4.78 is 6.45. The molecular weight excluding hydrogens is 367 g/mol. The van der Waals surface area contributed by atoms with Crippen LogP contribution in [0.3, 0.4) is 0 Å². The Bertz CT molecular complexity index is 787. The van der Waals surface area contributed by atoms with Gasteiger partial charge in [-0.25, -0.2) is 9.97 Å². The maximum absolute atomic E-state index is 5.95. The van der Waals surface area contributed by atoms with Gasteiger partial charge in [-0.2, -0.15) is 0 Å². The molecule has 0 saturated heterocycles. The van der Waals surface area contributed by atoms with E-state index >= 15 is 0 Å². The van der Waals surface area contributed by atoms with Crippen molar-refractivity contribution < 1.29 is 4.42 Å². The van der Waals surface area contributed by atoms with Gasteiger partial charge in [-0.3, -0.25) is 0 Å². The average Bonchev–Trinajstić information content (AvgIpc) is 3.07. The maximum atomic E-state index is 5.95. The van der Waals surface area contributed by atoms with E-state index in [1.807, 2.05) is 26.0 Å². The molecule has 3 N–H and O–H groups in total. The molecule has 24 heavy (non-hydrogen) atoms. The largest absolute Gasteiger partial charge is 0.467 e. The summed E-state index contributed by atoms with van der Waals surface area (Å²) in [4.78, 5) is 10.4. The highest BCUT2D eigenvalue weighted by molar-refractivity contribution is 7.19. The molecular formula is C16H22Cl2N4OS. The number of aromatic nitrogens is 2. The summed E-state index contributed by atoms with van der Waals surface area (Å²) in [6.45, 7) is 6.66. The Labute approximate surface area is 157 Å². The third kappa shape index (κ3) is 4.39. The van der Waals surface area contributed by atoms with Gasteiger partial charge >= 0.3 is 0 Å². The first-order valence-electron chi connectivity index (χ1n) is 7.33. The van der Waals surface area contributed by atoms with Crippen LogP contribution in [0.15, 0.2) is 22.8 Å². The molecule has 3 rings (SSSR count). The molecule has 8 heteroatoms. The van der Waals surface area contributed by atoms with Crippen LogP contribution in [0.4, 0.5) is 5.82 Å². The Morgan fingerprint density at radius 1 is 1.29 bits per heavy atom. The van der Waals surface area contributed by atoms with Crippen LogP contribution in [0.25, 0.3) is 10.2 Å². The van der Waals surface area contributed by atoms with E-state index in [0.29, 0.717) is 6.54 Å². The number of anilines is 1. The van der Waals surface area contributed by atoms with E-state index < -0.39 is 0 Å². The Hall–Kier alpha value is -1.34. The smallest absolute Gasteiger partial charge is 0.148 e. The summed E-state index contributed by atoms with van der Waals surface area (Å²) in [6.07, 6.45) is 2.54. The van der Waals surface area contributed by atoms with Crippen LogP contribution in [0, 0.1) is 13.8 Å². The first kappa shape index (κ1) is 20.7. The van der Waals surface area contributed by atoms with Gasteiger partial charge in [0.05, 0.1) is 23.0 Å². The molecule has 132 valence electrons. The SMILES string of the molecule is Cc1nc(NCc2ccco2)c2sc(CC(C)N)c(C)c2n1.Cl.Cl. The Balaban J connectivity index is 0.00000144. The zero-order valence-corrected chi connectivity index (χ0v) is 16.3. The lowest BCUT2D eigenvalue weighted by atomic mass is 10.1. The highest BCUT2D eigenvalue weighted by Crippen LogP contribution is 2.34. The molecule has 0 aliphatic rings. The number of hydrogen-bond donors (Lipinski definition) is 2. The molecule has 1 unspecified atom stereocenters. The van der Waals surface area contributed by atoms with Crippen LogP contribution in [0.5, 0.6) is 0 Å². The van der Waals surface area contributed by atoms with Gasteiger partial charge in [-0.05, 0) is 44.9 Å². The van der Waals surface area contributed by atoms with Crippen molar-refractivity contribution in [2.24, 2.45) is 5.73 Å². The lowest BCUT2D eigenvalue weighted by molar-refractivity contribution is 0.518. The highest BCUT2D eigenvalue weighted by Gasteiger charge is 2.16. The molecule has 0 fully saturated rings. The average molecular weight is 389 g/mol. The first-order valence-corrected chi connectivity index (χ1v) is 8.14. The zero-order chi connectivity index (χ0) is 15.7. The second kappa shape index (κ2) is 8.67. The molecule has 0 aromatic carbocycles. The van der Waals surface area contributed by atoms with E-state index in [1.54, 1.807) is 17.6 Å². The third-order valence-corrected chi connectivity index (χ3v) is 4.80. The van der Waals surface area contributed by atoms with Gasteiger partial charge in [0.25, 0.3) is 0 Å². The van der Waals surface area contributed by atoms with Crippen LogP contribution in [-0.2, 0) is 13.0 Å². The van der Waals surface area contributed by atoms with E-state index in [1.165, 1.54) is 10.4 Å². The molecule has 3 heterocycles. The van der Waals surface area contributed by atoms with Crippen molar-refractivity contribution in [1.82, 2.24) is 9.97 Å². The van der Waals surface area contributed by atoms with Gasteiger partial charge in [-0.15, -0.1) is 36.2 Å². The van der Waals surface area contributed by atoms with Crippen LogP contribution in [0.2, 0.25) is 0 Å². The lowest BCUT2D eigenvalue weighted by Crippen LogP contribution is -2.17. The van der Waals surface area contributed by atoms with Gasteiger partial charge in [-0.1, -0.05) is 0 Å². The molecule has 0 aliphatic heterocycles. The molecule has 0 saturated carbocycles. The summed E-state index contributed by atoms with van der Waals surface area (Å²) in [5, 5.41) is 3.36. The monoisotopic (exact) mass is 388 g/mol. The molecule has 0 spiro atoms. The third-order valence-electron chi connectivity index (χ3n) is 3.49. The van der Waals surface area contributed by atoms with Crippen LogP contribution in [0.1, 0.15) is 28.9 Å². The number of aryl methyl sites for hydroxylation is 2. The maximum Gasteiger partial charge on any atom is 0.148 e. The summed E-state index contributed by atoms with van der Waals surface area (Å²) in [6, 6.07) is 3.97. The second-order valence-corrected chi connectivity index (χ2v) is 6.67. The van der Waals surface area contributed by atoms with Crippen molar-refractivity contribution >= 4 is 52.2 Å². The molecule has 0 radical (unpaired) electrons. The lowest BCUT2D eigenvalue weighted by Gasteiger charge is -2.06. The van der Waals surface area contributed by atoms with E-state index in [0.717, 1.165) is 34.0 Å². The fourth-order valence-corrected chi connectivity index (χ4v) is 3.79. The number of nitrogens with two attached hydrogens (primary N) is 1. The molecule has 1 atom stereocenters. The van der Waals surface area contributed by atoms with Crippen molar-refractivity contribution in [3.05, 3.63) is 40.4 Å². The Morgan fingerprint density at radius 3 is 2.67 bits per heavy atom. The van der Waals surface area contributed by atoms with Crippen molar-refractivity contribution in [2.75, 3.05) is 5.32 Å². The van der Waals surface area contributed by atoms with Gasteiger partial charge < -0.3 is 15.5 Å². The van der Waals surface area contributed by atoms with Gasteiger partial charge in [0.2, 0.25) is 0 Å². The quantitative estimate of drug-likeness (QED) is 0.682. The number of furan rings is 1. The van der Waals surface area contributed by atoms with Crippen molar-refractivity contribution in [2.45, 2.75) is 39.8 Å². The van der Waals surface area contributed by atoms with Gasteiger partial charge in [0.1, 0.15) is 17.4 Å². The second-order valence-electron chi connectivity index (χ2n) is 5.56. The van der Waals surface area contributed by atoms with Crippen molar-refractivity contribution in [3.8, 4) is 0 Å². The minimum atomic E-state index is 0. The fourth-order valence-electron chi connectivity index (χ4n) is 2.44. The van der Waals surface area contributed by atoms with E-state index in [2.05, 4.69) is 22.2 Å². The number of thiophene rings is 1. The minimum absolute atomic E-state index is 0. The molecule has 0 amide bonds. The van der Waals surface area contributed by atoms with Crippen LogP contribution >= 0.6 is 36.2 Å². The van der Waals surface area contributed by atoms with Crippen LogP contribution in [-0.4, -0.2) is 16.0 Å². The predicted octanol–water partition coefficient (Wildman–Crippen LogP) is 4.25. The minimum Gasteiger partial charge on any atom is -0.467 e. The number of halogens is 2. The number of fused-ring (bicyclic) bond motifs is 1. The zero-order valence-electron chi connectivity index (χ0n) is 13.8. The molecule has 0 aliphatic carbocycles. The standard InChI is InChI=1S/C16H20N4OS.2ClH/c1-9(17)7-13-10(2)14-15(22-13)16(20-11(3)19-14)18-8-12-5-4-6-21-12;;/h4-6,9H,7-8,17H2,1-3H3,(H,18,19,20);2*1H. The normalized spacial score (nSPS) is 11.7. The van der Waals surface area contributed by atoms with Gasteiger partial charge in [0.15, 0.2) is 0 Å². The summed E-state index contributed by atoms with van der Waals surface area (Å²) in [5.74, 6) is 2.51. The Morgan fingerprint density at radius 2 is 2.04 bits per heavy atom. The summed E-state index contributed by atoms with van der Waals surface area (Å²) >= 11 is 1.73. The van der Waals surface area contributed by atoms with Crippen molar-refractivity contribution in [3.63, 3.8) is 0 Å². The molecule has 3 aromatic heterocycles. The summed E-state index contributed by atoms with van der Waals surface area (Å²) in [5.41, 5.74) is 8.18. The number of hydrogen-bond acceptors (Lipinski definition) is 6.